The molecule has 0 radical (unpaired) electrons. The number of rotatable bonds is 2. The molecule has 3 saturated carbocycles. The molecule has 7 heteroatoms. The minimum absolute atomic E-state index is 0.0939. The van der Waals surface area contributed by atoms with Crippen LogP contribution in [0.15, 0.2) is 24.3 Å². The van der Waals surface area contributed by atoms with Crippen molar-refractivity contribution < 1.29 is 27.4 Å². The van der Waals surface area contributed by atoms with Gasteiger partial charge in [0.25, 0.3) is 0 Å². The van der Waals surface area contributed by atoms with E-state index in [4.69, 9.17) is 9.47 Å². The molecule has 4 nitrogen and oxygen atoms in total. The number of fused-ring (bicyclic) bond motifs is 7. The molecule has 0 spiro atoms. The van der Waals surface area contributed by atoms with E-state index in [0.29, 0.717) is 35.9 Å². The highest BCUT2D eigenvalue weighted by atomic mass is 19.4. The number of epoxide rings is 1. The number of hydrogen-bond donors (Lipinski definition) is 1. The van der Waals surface area contributed by atoms with Gasteiger partial charge in [0.2, 0.25) is 0 Å². The van der Waals surface area contributed by atoms with Gasteiger partial charge in [-0.3, -0.25) is 5.32 Å². The summed E-state index contributed by atoms with van der Waals surface area (Å²) in [5.41, 5.74) is -0.699. The molecule has 25 heavy (non-hydrogen) atoms. The van der Waals surface area contributed by atoms with Gasteiger partial charge in [0.15, 0.2) is 0 Å². The zero-order valence-corrected chi connectivity index (χ0v) is 13.3. The van der Waals surface area contributed by atoms with Gasteiger partial charge in [-0.15, -0.1) is 0 Å². The van der Waals surface area contributed by atoms with Gasteiger partial charge in [-0.05, 0) is 61.1 Å². The molecule has 5 rings (SSSR count). The fraction of sp³-hybridized carbons (Fsp3) is 0.611. The lowest BCUT2D eigenvalue weighted by Gasteiger charge is -2.32. The van der Waals surface area contributed by atoms with Crippen molar-refractivity contribution in [1.82, 2.24) is 0 Å². The van der Waals surface area contributed by atoms with E-state index in [0.717, 1.165) is 31.4 Å². The van der Waals surface area contributed by atoms with Crippen molar-refractivity contribution in [2.24, 2.45) is 23.7 Å². The van der Waals surface area contributed by atoms with E-state index in [1.54, 1.807) is 0 Å². The van der Waals surface area contributed by atoms with Crippen LogP contribution in [0.4, 0.5) is 23.7 Å². The van der Waals surface area contributed by atoms with Crippen LogP contribution < -0.4 is 5.32 Å². The lowest BCUT2D eigenvalue weighted by atomic mass is 9.79. The summed E-state index contributed by atoms with van der Waals surface area (Å²) in [7, 11) is 0. The summed E-state index contributed by atoms with van der Waals surface area (Å²) in [4.78, 5) is 12.1. The van der Waals surface area contributed by atoms with Crippen LogP contribution >= 0.6 is 0 Å². The summed E-state index contributed by atoms with van der Waals surface area (Å²) in [5, 5.41) is 2.43. The molecule has 4 fully saturated rings. The maximum Gasteiger partial charge on any atom is 0.416 e. The Balaban J connectivity index is 1.22. The van der Waals surface area contributed by atoms with E-state index in [1.807, 2.05) is 0 Å². The number of carbonyl (C=O) groups excluding carboxylic acids is 1. The maximum absolute atomic E-state index is 12.7. The molecular formula is C18H18F3NO3. The van der Waals surface area contributed by atoms with Crippen molar-refractivity contribution in [2.45, 2.75) is 43.8 Å². The van der Waals surface area contributed by atoms with Crippen molar-refractivity contribution in [2.75, 3.05) is 5.32 Å². The van der Waals surface area contributed by atoms with Crippen LogP contribution in [0.3, 0.4) is 0 Å². The number of ether oxygens (including phenoxy) is 2. The lowest BCUT2D eigenvalue weighted by Crippen LogP contribution is -2.35. The smallest absolute Gasteiger partial charge is 0.416 e. The van der Waals surface area contributed by atoms with Gasteiger partial charge < -0.3 is 9.47 Å². The fourth-order valence-electron chi connectivity index (χ4n) is 5.46. The third kappa shape index (κ3) is 2.51. The zero-order chi connectivity index (χ0) is 17.3. The highest BCUT2D eigenvalue weighted by Gasteiger charge is 2.67. The average Bonchev–Trinajstić information content (AvgIpc) is 2.91. The first kappa shape index (κ1) is 15.5. The van der Waals surface area contributed by atoms with E-state index in [9.17, 15) is 18.0 Å². The number of carbonyl (C=O) groups is 1. The van der Waals surface area contributed by atoms with Crippen molar-refractivity contribution in [1.29, 1.82) is 0 Å². The number of anilines is 1. The minimum atomic E-state index is -4.44. The first-order valence-corrected chi connectivity index (χ1v) is 8.70. The monoisotopic (exact) mass is 353 g/mol. The molecule has 4 aliphatic rings. The van der Waals surface area contributed by atoms with E-state index in [2.05, 4.69) is 5.32 Å². The second-order valence-corrected chi connectivity index (χ2v) is 7.66. The molecule has 1 saturated heterocycles. The van der Waals surface area contributed by atoms with Crippen LogP contribution in [0, 0.1) is 23.7 Å². The zero-order valence-electron chi connectivity index (χ0n) is 13.3. The summed E-state index contributed by atoms with van der Waals surface area (Å²) in [5.74, 6) is 2.13. The first-order valence-electron chi connectivity index (χ1n) is 8.70. The predicted octanol–water partition coefficient (Wildman–Crippen LogP) is 4.07. The van der Waals surface area contributed by atoms with Gasteiger partial charge in [-0.1, -0.05) is 6.07 Å². The molecule has 0 unspecified atom stereocenters. The third-order valence-corrected chi connectivity index (χ3v) is 6.38. The Hall–Kier alpha value is -1.76. The normalized spacial score (nSPS) is 40.5. The second-order valence-electron chi connectivity index (χ2n) is 7.66. The van der Waals surface area contributed by atoms with Crippen LogP contribution in [0.2, 0.25) is 0 Å². The van der Waals surface area contributed by atoms with Crippen LogP contribution in [-0.4, -0.2) is 24.4 Å². The summed E-state index contributed by atoms with van der Waals surface area (Å²) < 4.78 is 49.4. The van der Waals surface area contributed by atoms with Crippen molar-refractivity contribution in [3.05, 3.63) is 29.8 Å². The van der Waals surface area contributed by atoms with Gasteiger partial charge in [0, 0.05) is 5.69 Å². The summed E-state index contributed by atoms with van der Waals surface area (Å²) >= 11 is 0. The summed E-state index contributed by atoms with van der Waals surface area (Å²) in [6, 6.07) is 4.58. The molecule has 2 bridgehead atoms. The number of benzene rings is 1. The van der Waals surface area contributed by atoms with Crippen molar-refractivity contribution in [3.8, 4) is 0 Å². The number of halogens is 3. The summed E-state index contributed by atoms with van der Waals surface area (Å²) in [6.07, 6.45) is -1.42. The Bertz CT molecular complexity index is 722. The fourth-order valence-corrected chi connectivity index (χ4v) is 5.46. The Kier molecular flexibility index (Phi) is 3.18. The lowest BCUT2D eigenvalue weighted by molar-refractivity contribution is -0.137. The molecule has 1 aliphatic heterocycles. The van der Waals surface area contributed by atoms with Gasteiger partial charge >= 0.3 is 12.3 Å². The number of amides is 1. The molecule has 1 amide bonds. The molecule has 3 aliphatic carbocycles. The molecule has 0 aromatic heterocycles. The van der Waals surface area contributed by atoms with Crippen LogP contribution in [0.5, 0.6) is 0 Å². The third-order valence-electron chi connectivity index (χ3n) is 6.38. The van der Waals surface area contributed by atoms with E-state index in [1.165, 1.54) is 12.1 Å². The Morgan fingerprint density at radius 1 is 1.20 bits per heavy atom. The standard InChI is InChI=1S/C18H18F3NO3/c19-18(20,21)9-2-1-3-10(6-9)22-17(23)25-13-5-8-4-11(13)12-7-14-16(24-14)15(8)12/h1-3,6,8,11-16H,4-5,7H2,(H,22,23)/t8-,11-,12-,13-,14-,15-,16+/m1/s1. The molecule has 1 aromatic rings. The van der Waals surface area contributed by atoms with E-state index in [-0.39, 0.29) is 11.8 Å². The highest BCUT2D eigenvalue weighted by Crippen LogP contribution is 2.64. The largest absolute Gasteiger partial charge is 0.446 e. The van der Waals surface area contributed by atoms with Gasteiger partial charge in [0.05, 0.1) is 17.8 Å². The SMILES string of the molecule is O=C(Nc1cccc(C(F)(F)F)c1)O[C@@H]1C[C@H]2C[C@@H]1[C@H]1C[C@H]3O[C@@H]3[C@H]21. The molecule has 1 heterocycles. The number of alkyl halides is 3. The molecule has 1 N–H and O–H groups in total. The van der Waals surface area contributed by atoms with E-state index >= 15 is 0 Å². The topological polar surface area (TPSA) is 50.9 Å². The number of hydrogen-bond acceptors (Lipinski definition) is 3. The quantitative estimate of drug-likeness (QED) is 0.816. The van der Waals surface area contributed by atoms with Crippen LogP contribution in [0.25, 0.3) is 0 Å². The predicted molar refractivity (Wildman–Crippen MR) is 81.8 cm³/mol. The molecule has 7 atom stereocenters. The Morgan fingerprint density at radius 3 is 2.84 bits per heavy atom. The molecule has 134 valence electrons. The minimum Gasteiger partial charge on any atom is -0.446 e. The number of nitrogens with one attached hydrogen (secondary N) is 1. The highest BCUT2D eigenvalue weighted by molar-refractivity contribution is 5.84. The average molecular weight is 353 g/mol. The maximum atomic E-state index is 12.7. The Labute approximate surface area is 142 Å². The van der Waals surface area contributed by atoms with E-state index < -0.39 is 17.8 Å². The first-order chi connectivity index (χ1) is 11.9. The molecule has 1 aromatic carbocycles. The van der Waals surface area contributed by atoms with Gasteiger partial charge in [-0.25, -0.2) is 4.79 Å². The van der Waals surface area contributed by atoms with Crippen molar-refractivity contribution in [3.63, 3.8) is 0 Å². The Morgan fingerprint density at radius 2 is 2.04 bits per heavy atom. The second kappa shape index (κ2) is 5.13. The van der Waals surface area contributed by atoms with Crippen LogP contribution in [0.1, 0.15) is 24.8 Å². The van der Waals surface area contributed by atoms with Crippen molar-refractivity contribution >= 4 is 11.8 Å². The van der Waals surface area contributed by atoms with Gasteiger partial charge in [0.1, 0.15) is 6.10 Å². The van der Waals surface area contributed by atoms with Crippen LogP contribution in [-0.2, 0) is 15.7 Å². The summed E-state index contributed by atoms with van der Waals surface area (Å²) in [6.45, 7) is 0. The molecular weight excluding hydrogens is 335 g/mol. The van der Waals surface area contributed by atoms with Gasteiger partial charge in [-0.2, -0.15) is 13.2 Å².